The lowest BCUT2D eigenvalue weighted by Crippen LogP contribution is -2.20. The zero-order valence-corrected chi connectivity index (χ0v) is 13.5. The molecule has 4 rings (SSSR count). The maximum Gasteiger partial charge on any atom is 0.174 e. The summed E-state index contributed by atoms with van der Waals surface area (Å²) in [7, 11) is 0. The molecule has 21 heavy (non-hydrogen) atoms. The minimum atomic E-state index is 0.213. The molecule has 0 aromatic carbocycles. The summed E-state index contributed by atoms with van der Waals surface area (Å²) in [4.78, 5) is 15.5. The van der Waals surface area contributed by atoms with Crippen LogP contribution in [0.15, 0.2) is 0 Å². The van der Waals surface area contributed by atoms with Gasteiger partial charge in [-0.15, -0.1) is 11.3 Å². The van der Waals surface area contributed by atoms with Gasteiger partial charge in [0.15, 0.2) is 5.78 Å². The molecule has 2 unspecified atom stereocenters. The van der Waals surface area contributed by atoms with Crippen molar-refractivity contribution in [2.45, 2.75) is 51.4 Å². The van der Waals surface area contributed by atoms with Crippen LogP contribution in [0, 0.1) is 11.8 Å². The summed E-state index contributed by atoms with van der Waals surface area (Å²) in [6.45, 7) is 4.30. The topological polar surface area (TPSA) is 46.3 Å². The third-order valence-corrected chi connectivity index (χ3v) is 6.86. The van der Waals surface area contributed by atoms with Gasteiger partial charge in [-0.25, -0.2) is 0 Å². The van der Waals surface area contributed by atoms with E-state index in [0.29, 0.717) is 12.3 Å². The third-order valence-electron chi connectivity index (χ3n) is 5.54. The minimum Gasteiger partial charge on any atom is -0.397 e. The number of anilines is 2. The standard InChI is InChI=1S/C17H24N2OS/c1-2-13(20)16-15(18)14(10-6-7-10)17(21-16)19-8-11-4-3-5-12(11)9-19/h10-12H,2-9,18H2,1H3. The van der Waals surface area contributed by atoms with Crippen LogP contribution in [-0.2, 0) is 0 Å². The van der Waals surface area contributed by atoms with Gasteiger partial charge in [-0.3, -0.25) is 4.79 Å². The highest BCUT2D eigenvalue weighted by molar-refractivity contribution is 7.19. The molecule has 4 heteroatoms. The molecule has 0 radical (unpaired) electrons. The number of hydrogen-bond acceptors (Lipinski definition) is 4. The van der Waals surface area contributed by atoms with E-state index in [1.807, 2.05) is 6.92 Å². The normalized spacial score (nSPS) is 28.1. The molecule has 114 valence electrons. The van der Waals surface area contributed by atoms with Crippen molar-refractivity contribution in [3.63, 3.8) is 0 Å². The van der Waals surface area contributed by atoms with Gasteiger partial charge in [0.05, 0.1) is 15.6 Å². The van der Waals surface area contributed by atoms with E-state index in [1.54, 1.807) is 11.3 Å². The zero-order chi connectivity index (χ0) is 14.6. The summed E-state index contributed by atoms with van der Waals surface area (Å²) >= 11 is 1.67. The lowest BCUT2D eigenvalue weighted by atomic mass is 10.0. The second-order valence-electron chi connectivity index (χ2n) is 6.97. The molecule has 0 bridgehead atoms. The van der Waals surface area contributed by atoms with E-state index in [-0.39, 0.29) is 5.78 Å². The van der Waals surface area contributed by atoms with Crippen LogP contribution >= 0.6 is 11.3 Å². The lowest BCUT2D eigenvalue weighted by Gasteiger charge is -2.19. The lowest BCUT2D eigenvalue weighted by molar-refractivity contribution is 0.0993. The smallest absolute Gasteiger partial charge is 0.174 e. The van der Waals surface area contributed by atoms with Crippen LogP contribution < -0.4 is 10.6 Å². The molecule has 2 saturated carbocycles. The van der Waals surface area contributed by atoms with Crippen LogP contribution in [0.5, 0.6) is 0 Å². The molecule has 3 fully saturated rings. The van der Waals surface area contributed by atoms with Crippen molar-refractivity contribution in [2.24, 2.45) is 11.8 Å². The average molecular weight is 304 g/mol. The summed E-state index contributed by atoms with van der Waals surface area (Å²) in [5.41, 5.74) is 8.49. The van der Waals surface area contributed by atoms with E-state index < -0.39 is 0 Å². The minimum absolute atomic E-state index is 0.213. The number of carbonyl (C=O) groups excluding carboxylic acids is 1. The van der Waals surface area contributed by atoms with Crippen molar-refractivity contribution in [1.29, 1.82) is 0 Å². The van der Waals surface area contributed by atoms with E-state index in [9.17, 15) is 4.79 Å². The van der Waals surface area contributed by atoms with Gasteiger partial charge in [0.2, 0.25) is 0 Å². The molecule has 3 nitrogen and oxygen atoms in total. The van der Waals surface area contributed by atoms with Crippen LogP contribution in [-0.4, -0.2) is 18.9 Å². The Morgan fingerprint density at radius 2 is 1.90 bits per heavy atom. The molecule has 1 saturated heterocycles. The quantitative estimate of drug-likeness (QED) is 0.854. The first kappa shape index (κ1) is 13.6. The van der Waals surface area contributed by atoms with Crippen molar-refractivity contribution in [3.8, 4) is 0 Å². The Morgan fingerprint density at radius 1 is 1.24 bits per heavy atom. The number of ketones is 1. The largest absolute Gasteiger partial charge is 0.397 e. The van der Waals surface area contributed by atoms with Crippen molar-refractivity contribution in [1.82, 2.24) is 0 Å². The van der Waals surface area contributed by atoms with Crippen LogP contribution in [0.3, 0.4) is 0 Å². The SMILES string of the molecule is CCC(=O)c1sc(N2CC3CCCC3C2)c(C2CC2)c1N. The summed E-state index contributed by atoms with van der Waals surface area (Å²) < 4.78 is 0. The van der Waals surface area contributed by atoms with E-state index in [4.69, 9.17) is 5.73 Å². The Labute approximate surface area is 130 Å². The van der Waals surface area contributed by atoms with E-state index in [1.165, 1.54) is 55.8 Å². The third kappa shape index (κ3) is 2.19. The number of thiophene rings is 1. The second-order valence-corrected chi connectivity index (χ2v) is 7.97. The number of rotatable bonds is 4. The molecule has 2 heterocycles. The van der Waals surface area contributed by atoms with Gasteiger partial charge in [0.25, 0.3) is 0 Å². The summed E-state index contributed by atoms with van der Waals surface area (Å²) in [5.74, 6) is 2.59. The molecule has 1 aliphatic heterocycles. The fourth-order valence-electron chi connectivity index (χ4n) is 4.21. The van der Waals surface area contributed by atoms with Crippen molar-refractivity contribution in [2.75, 3.05) is 23.7 Å². The maximum absolute atomic E-state index is 12.2. The number of nitrogens with two attached hydrogens (primary N) is 1. The summed E-state index contributed by atoms with van der Waals surface area (Å²) in [6, 6.07) is 0. The zero-order valence-electron chi connectivity index (χ0n) is 12.7. The molecular formula is C17H24N2OS. The first-order valence-electron chi connectivity index (χ1n) is 8.39. The van der Waals surface area contributed by atoms with Gasteiger partial charge >= 0.3 is 0 Å². The van der Waals surface area contributed by atoms with E-state index in [2.05, 4.69) is 4.90 Å². The Bertz CT molecular complexity index is 564. The predicted octanol–water partition coefficient (Wildman–Crippen LogP) is 4.04. The van der Waals surface area contributed by atoms with E-state index >= 15 is 0 Å². The number of hydrogen-bond donors (Lipinski definition) is 1. The fraction of sp³-hybridized carbons (Fsp3) is 0.706. The monoisotopic (exact) mass is 304 g/mol. The van der Waals surface area contributed by atoms with Crippen LogP contribution in [0.2, 0.25) is 0 Å². The Morgan fingerprint density at radius 3 is 2.48 bits per heavy atom. The molecule has 2 aliphatic carbocycles. The highest BCUT2D eigenvalue weighted by atomic mass is 32.1. The molecule has 0 spiro atoms. The van der Waals surface area contributed by atoms with Gasteiger partial charge in [-0.2, -0.15) is 0 Å². The van der Waals surface area contributed by atoms with Gasteiger partial charge in [-0.1, -0.05) is 13.3 Å². The van der Waals surface area contributed by atoms with Crippen molar-refractivity contribution in [3.05, 3.63) is 10.4 Å². The van der Waals surface area contributed by atoms with Crippen LogP contribution in [0.4, 0.5) is 10.7 Å². The second kappa shape index (κ2) is 5.01. The highest BCUT2D eigenvalue weighted by Gasteiger charge is 2.40. The van der Waals surface area contributed by atoms with Gasteiger partial charge < -0.3 is 10.6 Å². The van der Waals surface area contributed by atoms with E-state index in [0.717, 1.165) is 22.4 Å². The molecular weight excluding hydrogens is 280 g/mol. The first-order valence-corrected chi connectivity index (χ1v) is 9.21. The molecule has 3 aliphatic rings. The number of Topliss-reactive ketones (excluding diaryl/α,β-unsaturated/α-hetero) is 1. The number of nitrogen functional groups attached to an aromatic ring is 1. The molecule has 0 amide bonds. The predicted molar refractivity (Wildman–Crippen MR) is 88.4 cm³/mol. The fourth-order valence-corrected chi connectivity index (χ4v) is 5.55. The number of fused-ring (bicyclic) bond motifs is 1. The summed E-state index contributed by atoms with van der Waals surface area (Å²) in [5, 5.41) is 1.33. The Balaban J connectivity index is 1.69. The Kier molecular flexibility index (Phi) is 3.25. The van der Waals surface area contributed by atoms with Crippen LogP contribution in [0.25, 0.3) is 0 Å². The molecule has 2 N–H and O–H groups in total. The van der Waals surface area contributed by atoms with Crippen LogP contribution in [0.1, 0.15) is 66.6 Å². The van der Waals surface area contributed by atoms with Crippen molar-refractivity contribution < 1.29 is 4.79 Å². The van der Waals surface area contributed by atoms with Gasteiger partial charge in [-0.05, 0) is 43.4 Å². The number of nitrogens with zero attached hydrogens (tertiary/aromatic N) is 1. The molecule has 2 atom stereocenters. The molecule has 1 aromatic heterocycles. The van der Waals surface area contributed by atoms with Gasteiger partial charge in [0, 0.05) is 25.1 Å². The first-order chi connectivity index (χ1) is 10.2. The number of carbonyl (C=O) groups is 1. The highest BCUT2D eigenvalue weighted by Crippen LogP contribution is 2.53. The summed E-state index contributed by atoms with van der Waals surface area (Å²) in [6.07, 6.45) is 7.23. The average Bonchev–Trinajstić information content (AvgIpc) is 2.93. The van der Waals surface area contributed by atoms with Gasteiger partial charge in [0.1, 0.15) is 0 Å². The maximum atomic E-state index is 12.2. The Hall–Kier alpha value is -1.03. The van der Waals surface area contributed by atoms with Crippen molar-refractivity contribution >= 4 is 27.8 Å². The molecule has 1 aromatic rings.